The summed E-state index contributed by atoms with van der Waals surface area (Å²) in [6, 6.07) is 2.50. The molecule has 1 unspecified atom stereocenters. The second-order valence-corrected chi connectivity index (χ2v) is 8.09. The minimum absolute atomic E-state index is 0.144. The molecule has 1 N–H and O–H groups in total. The quantitative estimate of drug-likeness (QED) is 0.764. The molecular formula is C15H21N3O5S. The molecule has 9 heteroatoms. The maximum atomic E-state index is 12.7. The number of aliphatic hydroxyl groups is 1. The number of aliphatic hydroxyl groups excluding tert-OH is 1. The molecule has 0 bridgehead atoms. The molecule has 0 spiro atoms. The summed E-state index contributed by atoms with van der Waals surface area (Å²) >= 11 is 0. The van der Waals surface area contributed by atoms with Gasteiger partial charge in [0.25, 0.3) is 5.91 Å². The molecule has 1 aliphatic heterocycles. The van der Waals surface area contributed by atoms with Crippen LogP contribution >= 0.6 is 0 Å². The van der Waals surface area contributed by atoms with Crippen molar-refractivity contribution >= 4 is 21.7 Å². The lowest BCUT2D eigenvalue weighted by Gasteiger charge is -2.40. The number of pyridine rings is 1. The normalized spacial score (nSPS) is 18.5. The number of amides is 2. The minimum Gasteiger partial charge on any atom is -0.390 e. The summed E-state index contributed by atoms with van der Waals surface area (Å²) < 4.78 is 23.4. The minimum atomic E-state index is -3.31. The predicted molar refractivity (Wildman–Crippen MR) is 86.9 cm³/mol. The molecule has 0 saturated carbocycles. The standard InChI is InChI=1S/C15H21N3O5S/c1-11(20)17-5-6-18(14(8-17)10-24(2,22)23)15(21)12-3-4-13(9-19)16-7-12/h3-4,7,14,19H,5-6,8-10H2,1-2H3. The van der Waals surface area contributed by atoms with E-state index in [2.05, 4.69) is 4.98 Å². The number of carbonyl (C=O) groups excluding carboxylic acids is 2. The molecule has 8 nitrogen and oxygen atoms in total. The van der Waals surface area contributed by atoms with E-state index in [0.717, 1.165) is 6.26 Å². The average Bonchev–Trinajstić information content (AvgIpc) is 2.52. The molecule has 2 heterocycles. The Labute approximate surface area is 141 Å². The highest BCUT2D eigenvalue weighted by Crippen LogP contribution is 2.16. The summed E-state index contributed by atoms with van der Waals surface area (Å²) in [4.78, 5) is 31.3. The Morgan fingerprint density at radius 2 is 2.04 bits per heavy atom. The lowest BCUT2D eigenvalue weighted by atomic mass is 10.1. The van der Waals surface area contributed by atoms with Gasteiger partial charge in [-0.15, -0.1) is 0 Å². The number of piperazine rings is 1. The average molecular weight is 355 g/mol. The summed E-state index contributed by atoms with van der Waals surface area (Å²) in [6.07, 6.45) is 2.47. The third kappa shape index (κ3) is 4.51. The van der Waals surface area contributed by atoms with Crippen molar-refractivity contribution < 1.29 is 23.1 Å². The van der Waals surface area contributed by atoms with Gasteiger partial charge in [0.15, 0.2) is 0 Å². The van der Waals surface area contributed by atoms with Gasteiger partial charge in [-0.1, -0.05) is 0 Å². The van der Waals surface area contributed by atoms with Crippen molar-refractivity contribution in [2.75, 3.05) is 31.6 Å². The molecule has 132 valence electrons. The van der Waals surface area contributed by atoms with Gasteiger partial charge in [0, 0.05) is 39.0 Å². The first-order chi connectivity index (χ1) is 11.2. The first kappa shape index (κ1) is 18.3. The van der Waals surface area contributed by atoms with E-state index in [1.54, 1.807) is 17.0 Å². The predicted octanol–water partition coefficient (Wildman–Crippen LogP) is -0.709. The van der Waals surface area contributed by atoms with E-state index in [4.69, 9.17) is 5.11 Å². The third-order valence-corrected chi connectivity index (χ3v) is 4.91. The fraction of sp³-hybridized carbons (Fsp3) is 0.533. The Kier molecular flexibility index (Phi) is 5.55. The van der Waals surface area contributed by atoms with E-state index in [-0.39, 0.29) is 37.3 Å². The van der Waals surface area contributed by atoms with Crippen LogP contribution in [0.1, 0.15) is 23.0 Å². The van der Waals surface area contributed by atoms with E-state index >= 15 is 0 Å². The van der Waals surface area contributed by atoms with Crippen LogP contribution in [0.4, 0.5) is 0 Å². The molecule has 1 aromatic heterocycles. The topological polar surface area (TPSA) is 108 Å². The van der Waals surface area contributed by atoms with Crippen LogP contribution in [-0.2, 0) is 21.2 Å². The Morgan fingerprint density at radius 3 is 2.54 bits per heavy atom. The number of nitrogens with zero attached hydrogens (tertiary/aromatic N) is 3. The Bertz CT molecular complexity index is 717. The van der Waals surface area contributed by atoms with Crippen molar-refractivity contribution in [1.29, 1.82) is 0 Å². The van der Waals surface area contributed by atoms with E-state index in [9.17, 15) is 18.0 Å². The summed E-state index contributed by atoms with van der Waals surface area (Å²) in [6.45, 7) is 2.02. The van der Waals surface area contributed by atoms with Crippen LogP contribution in [0, 0.1) is 0 Å². The molecule has 24 heavy (non-hydrogen) atoms. The number of hydrogen-bond acceptors (Lipinski definition) is 6. The van der Waals surface area contributed by atoms with Crippen molar-refractivity contribution in [2.45, 2.75) is 19.6 Å². The van der Waals surface area contributed by atoms with Gasteiger partial charge >= 0.3 is 0 Å². The van der Waals surface area contributed by atoms with Gasteiger partial charge < -0.3 is 14.9 Å². The Balaban J connectivity index is 2.23. The first-order valence-electron chi connectivity index (χ1n) is 7.51. The van der Waals surface area contributed by atoms with E-state index in [1.165, 1.54) is 18.0 Å². The van der Waals surface area contributed by atoms with E-state index in [0.29, 0.717) is 17.8 Å². The molecule has 1 aromatic rings. The van der Waals surface area contributed by atoms with Gasteiger partial charge in [-0.3, -0.25) is 14.6 Å². The van der Waals surface area contributed by atoms with Crippen molar-refractivity contribution in [1.82, 2.24) is 14.8 Å². The van der Waals surface area contributed by atoms with Crippen molar-refractivity contribution in [3.05, 3.63) is 29.6 Å². The van der Waals surface area contributed by atoms with Gasteiger partial charge in [-0.25, -0.2) is 8.42 Å². The molecule has 0 aromatic carbocycles. The van der Waals surface area contributed by atoms with Crippen LogP contribution in [0.5, 0.6) is 0 Å². The fourth-order valence-electron chi connectivity index (χ4n) is 2.71. The maximum Gasteiger partial charge on any atom is 0.255 e. The highest BCUT2D eigenvalue weighted by atomic mass is 32.2. The molecule has 0 radical (unpaired) electrons. The van der Waals surface area contributed by atoms with Crippen molar-refractivity contribution in [3.8, 4) is 0 Å². The second-order valence-electron chi connectivity index (χ2n) is 5.91. The smallest absolute Gasteiger partial charge is 0.255 e. The van der Waals surface area contributed by atoms with Crippen molar-refractivity contribution in [2.24, 2.45) is 0 Å². The van der Waals surface area contributed by atoms with Gasteiger partial charge in [0.05, 0.1) is 29.7 Å². The summed E-state index contributed by atoms with van der Waals surface area (Å²) in [7, 11) is -3.31. The SMILES string of the molecule is CC(=O)N1CCN(C(=O)c2ccc(CO)nc2)C(CS(C)(=O)=O)C1. The van der Waals surface area contributed by atoms with Crippen LogP contribution in [0.3, 0.4) is 0 Å². The van der Waals surface area contributed by atoms with Crippen LogP contribution in [-0.4, -0.2) is 77.8 Å². The van der Waals surface area contributed by atoms with Crippen LogP contribution in [0.15, 0.2) is 18.3 Å². The summed E-state index contributed by atoms with van der Waals surface area (Å²) in [5.41, 5.74) is 0.766. The highest BCUT2D eigenvalue weighted by molar-refractivity contribution is 7.90. The van der Waals surface area contributed by atoms with Crippen LogP contribution in [0.2, 0.25) is 0 Å². The van der Waals surface area contributed by atoms with Gasteiger partial charge in [0.1, 0.15) is 9.84 Å². The summed E-state index contributed by atoms with van der Waals surface area (Å²) in [5, 5.41) is 9.00. The molecule has 0 aliphatic carbocycles. The number of carbonyl (C=O) groups is 2. The van der Waals surface area contributed by atoms with Crippen molar-refractivity contribution in [3.63, 3.8) is 0 Å². The molecule has 2 rings (SSSR count). The number of rotatable bonds is 4. The third-order valence-electron chi connectivity index (χ3n) is 3.92. The van der Waals surface area contributed by atoms with Gasteiger partial charge in [-0.05, 0) is 12.1 Å². The molecule has 1 aliphatic rings. The van der Waals surface area contributed by atoms with E-state index < -0.39 is 15.9 Å². The number of sulfone groups is 1. The monoisotopic (exact) mass is 355 g/mol. The number of aromatic nitrogens is 1. The first-order valence-corrected chi connectivity index (χ1v) is 9.57. The second kappa shape index (κ2) is 7.27. The number of hydrogen-bond donors (Lipinski definition) is 1. The van der Waals surface area contributed by atoms with Gasteiger partial charge in [0.2, 0.25) is 5.91 Å². The maximum absolute atomic E-state index is 12.7. The fourth-order valence-corrected chi connectivity index (χ4v) is 3.70. The molecule has 2 amide bonds. The highest BCUT2D eigenvalue weighted by Gasteiger charge is 2.34. The Hall–Kier alpha value is -2.00. The molecule has 1 fully saturated rings. The zero-order valence-electron chi connectivity index (χ0n) is 13.7. The molecular weight excluding hydrogens is 334 g/mol. The summed E-state index contributed by atoms with van der Waals surface area (Å²) in [5.74, 6) is -0.677. The lowest BCUT2D eigenvalue weighted by Crippen LogP contribution is -2.58. The zero-order chi connectivity index (χ0) is 17.9. The Morgan fingerprint density at radius 1 is 1.33 bits per heavy atom. The molecule has 1 atom stereocenters. The van der Waals surface area contributed by atoms with E-state index in [1.807, 2.05) is 0 Å². The van der Waals surface area contributed by atoms with Crippen LogP contribution < -0.4 is 0 Å². The molecule has 1 saturated heterocycles. The van der Waals surface area contributed by atoms with Crippen LogP contribution in [0.25, 0.3) is 0 Å². The zero-order valence-corrected chi connectivity index (χ0v) is 14.5. The largest absolute Gasteiger partial charge is 0.390 e. The van der Waals surface area contributed by atoms with Gasteiger partial charge in [-0.2, -0.15) is 0 Å². The lowest BCUT2D eigenvalue weighted by molar-refractivity contribution is -0.131.